The molecule has 1 rings (SSSR count). The first-order valence-electron chi connectivity index (χ1n) is 5.93. The van der Waals surface area contributed by atoms with Gasteiger partial charge in [0.2, 0.25) is 0 Å². The molecule has 0 radical (unpaired) electrons. The van der Waals surface area contributed by atoms with Crippen molar-refractivity contribution in [1.82, 2.24) is 4.90 Å². The Labute approximate surface area is 97.4 Å². The van der Waals surface area contributed by atoms with Crippen LogP contribution in [0.2, 0.25) is 0 Å². The highest BCUT2D eigenvalue weighted by Gasteiger charge is 2.20. The number of hydrogen-bond acceptors (Lipinski definition) is 4. The normalized spacial score (nSPS) is 27.2. The van der Waals surface area contributed by atoms with Crippen LogP contribution in [0.1, 0.15) is 20.3 Å². The second-order valence-electron chi connectivity index (χ2n) is 4.47. The summed E-state index contributed by atoms with van der Waals surface area (Å²) in [5.41, 5.74) is 5.94. The van der Waals surface area contributed by atoms with Gasteiger partial charge >= 0.3 is 5.97 Å². The Bertz CT molecular complexity index is 243. The molecule has 4 heteroatoms. The molecule has 0 saturated carbocycles. The first-order chi connectivity index (χ1) is 7.61. The number of piperidine rings is 1. The fraction of sp³-hybridized carbons (Fsp3) is 0.750. The van der Waals surface area contributed by atoms with Crippen LogP contribution in [0.4, 0.5) is 0 Å². The predicted molar refractivity (Wildman–Crippen MR) is 64.0 cm³/mol. The Hall–Kier alpha value is -0.870. The van der Waals surface area contributed by atoms with E-state index >= 15 is 0 Å². The van der Waals surface area contributed by atoms with E-state index in [0.717, 1.165) is 26.1 Å². The van der Waals surface area contributed by atoms with Crippen LogP contribution < -0.4 is 5.73 Å². The van der Waals surface area contributed by atoms with Crippen LogP contribution >= 0.6 is 0 Å². The van der Waals surface area contributed by atoms with E-state index < -0.39 is 0 Å². The van der Waals surface area contributed by atoms with Gasteiger partial charge in [0.15, 0.2) is 0 Å². The van der Waals surface area contributed by atoms with Gasteiger partial charge in [-0.05, 0) is 19.3 Å². The SMILES string of the molecule is CCOC(=O)/C=C/CN1CC(C)CC(N)C1. The maximum Gasteiger partial charge on any atom is 0.330 e. The van der Waals surface area contributed by atoms with E-state index in [9.17, 15) is 4.79 Å². The summed E-state index contributed by atoms with van der Waals surface area (Å²) < 4.78 is 4.80. The molecule has 92 valence electrons. The molecule has 0 aromatic carbocycles. The quantitative estimate of drug-likeness (QED) is 0.568. The molecule has 1 heterocycles. The van der Waals surface area contributed by atoms with Crippen LogP contribution in [0.25, 0.3) is 0 Å². The van der Waals surface area contributed by atoms with Gasteiger partial charge in [0.05, 0.1) is 6.61 Å². The smallest absolute Gasteiger partial charge is 0.330 e. The van der Waals surface area contributed by atoms with E-state index in [1.807, 2.05) is 6.08 Å². The number of nitrogens with two attached hydrogens (primary N) is 1. The Morgan fingerprint density at radius 2 is 2.31 bits per heavy atom. The van der Waals surface area contributed by atoms with Crippen LogP contribution in [0.5, 0.6) is 0 Å². The van der Waals surface area contributed by atoms with Crippen molar-refractivity contribution in [1.29, 1.82) is 0 Å². The number of ether oxygens (including phenoxy) is 1. The van der Waals surface area contributed by atoms with Gasteiger partial charge < -0.3 is 10.5 Å². The fourth-order valence-electron chi connectivity index (χ4n) is 2.15. The van der Waals surface area contributed by atoms with Crippen LogP contribution in [-0.2, 0) is 9.53 Å². The van der Waals surface area contributed by atoms with Crippen molar-refractivity contribution in [2.24, 2.45) is 11.7 Å². The molecular weight excluding hydrogens is 204 g/mol. The Kier molecular flexibility index (Phi) is 5.49. The third kappa shape index (κ3) is 4.77. The van der Waals surface area contributed by atoms with Crippen LogP contribution in [0, 0.1) is 5.92 Å². The largest absolute Gasteiger partial charge is 0.463 e. The molecule has 0 aromatic heterocycles. The molecule has 16 heavy (non-hydrogen) atoms. The highest BCUT2D eigenvalue weighted by atomic mass is 16.5. The third-order valence-corrected chi connectivity index (χ3v) is 2.67. The molecule has 2 N–H and O–H groups in total. The summed E-state index contributed by atoms with van der Waals surface area (Å²) in [6.07, 6.45) is 4.44. The van der Waals surface area contributed by atoms with Gasteiger partial charge in [-0.1, -0.05) is 13.0 Å². The standard InChI is InChI=1S/C12H22N2O2/c1-3-16-12(15)5-4-6-14-8-10(2)7-11(13)9-14/h4-5,10-11H,3,6-9,13H2,1-2H3/b5-4+. The average Bonchev–Trinajstić information content (AvgIpc) is 2.16. The zero-order valence-electron chi connectivity index (χ0n) is 10.2. The topological polar surface area (TPSA) is 55.6 Å². The molecular formula is C12H22N2O2. The fourth-order valence-corrected chi connectivity index (χ4v) is 2.15. The van der Waals surface area contributed by atoms with Crippen molar-refractivity contribution in [2.75, 3.05) is 26.2 Å². The first-order valence-corrected chi connectivity index (χ1v) is 5.93. The van der Waals surface area contributed by atoms with Crippen molar-refractivity contribution in [3.05, 3.63) is 12.2 Å². The minimum atomic E-state index is -0.267. The Morgan fingerprint density at radius 3 is 2.94 bits per heavy atom. The molecule has 0 aromatic rings. The monoisotopic (exact) mass is 226 g/mol. The minimum absolute atomic E-state index is 0.264. The van der Waals surface area contributed by atoms with E-state index in [4.69, 9.17) is 10.5 Å². The van der Waals surface area contributed by atoms with Gasteiger partial charge in [0.1, 0.15) is 0 Å². The predicted octanol–water partition coefficient (Wildman–Crippen LogP) is 0.775. The van der Waals surface area contributed by atoms with E-state index in [1.165, 1.54) is 6.08 Å². The summed E-state index contributed by atoms with van der Waals surface area (Å²) in [5.74, 6) is 0.372. The molecule has 1 aliphatic rings. The third-order valence-electron chi connectivity index (χ3n) is 2.67. The van der Waals surface area contributed by atoms with Crippen LogP contribution in [0.15, 0.2) is 12.2 Å². The van der Waals surface area contributed by atoms with Crippen LogP contribution in [0.3, 0.4) is 0 Å². The lowest BCUT2D eigenvalue weighted by molar-refractivity contribution is -0.137. The molecule has 1 aliphatic heterocycles. The average molecular weight is 226 g/mol. The highest BCUT2D eigenvalue weighted by molar-refractivity contribution is 5.81. The number of likely N-dealkylation sites (tertiary alicyclic amines) is 1. The van der Waals surface area contributed by atoms with E-state index in [-0.39, 0.29) is 12.0 Å². The van der Waals surface area contributed by atoms with E-state index in [0.29, 0.717) is 12.5 Å². The number of rotatable bonds is 4. The lowest BCUT2D eigenvalue weighted by Crippen LogP contribution is -2.46. The number of nitrogens with zero attached hydrogens (tertiary/aromatic N) is 1. The molecule has 1 fully saturated rings. The summed E-state index contributed by atoms with van der Waals surface area (Å²) in [7, 11) is 0. The second-order valence-corrected chi connectivity index (χ2v) is 4.47. The molecule has 2 unspecified atom stereocenters. The molecule has 0 amide bonds. The molecule has 1 saturated heterocycles. The summed E-state index contributed by atoms with van der Waals surface area (Å²) in [5, 5.41) is 0. The van der Waals surface area contributed by atoms with Gasteiger partial charge in [-0.3, -0.25) is 4.90 Å². The van der Waals surface area contributed by atoms with Crippen molar-refractivity contribution < 1.29 is 9.53 Å². The Morgan fingerprint density at radius 1 is 1.56 bits per heavy atom. The Balaban J connectivity index is 2.28. The number of esters is 1. The summed E-state index contributed by atoms with van der Waals surface area (Å²) in [6, 6.07) is 0.264. The first kappa shape index (κ1) is 13.2. The van der Waals surface area contributed by atoms with Crippen molar-refractivity contribution >= 4 is 5.97 Å². The zero-order valence-corrected chi connectivity index (χ0v) is 10.2. The van der Waals surface area contributed by atoms with Crippen molar-refractivity contribution in [3.63, 3.8) is 0 Å². The van der Waals surface area contributed by atoms with E-state index in [1.54, 1.807) is 6.92 Å². The van der Waals surface area contributed by atoms with Gasteiger partial charge in [-0.25, -0.2) is 4.79 Å². The molecule has 2 atom stereocenters. The zero-order chi connectivity index (χ0) is 12.0. The van der Waals surface area contributed by atoms with Gasteiger partial charge in [-0.2, -0.15) is 0 Å². The van der Waals surface area contributed by atoms with Crippen molar-refractivity contribution in [3.8, 4) is 0 Å². The highest BCUT2D eigenvalue weighted by Crippen LogP contribution is 2.14. The summed E-state index contributed by atoms with van der Waals surface area (Å²) in [4.78, 5) is 13.3. The van der Waals surface area contributed by atoms with E-state index in [2.05, 4.69) is 11.8 Å². The number of carbonyl (C=O) groups excluding carboxylic acids is 1. The molecule has 4 nitrogen and oxygen atoms in total. The van der Waals surface area contributed by atoms with Crippen molar-refractivity contribution in [2.45, 2.75) is 26.3 Å². The lowest BCUT2D eigenvalue weighted by Gasteiger charge is -2.33. The lowest BCUT2D eigenvalue weighted by atomic mass is 9.97. The van der Waals surface area contributed by atoms with Gasteiger partial charge in [-0.15, -0.1) is 0 Å². The minimum Gasteiger partial charge on any atom is -0.463 e. The van der Waals surface area contributed by atoms with Gasteiger partial charge in [0.25, 0.3) is 0 Å². The number of carbonyl (C=O) groups is 1. The summed E-state index contributed by atoms with van der Waals surface area (Å²) in [6.45, 7) is 7.18. The summed E-state index contributed by atoms with van der Waals surface area (Å²) >= 11 is 0. The maximum absolute atomic E-state index is 11.1. The second kappa shape index (κ2) is 6.66. The maximum atomic E-state index is 11.1. The molecule has 0 spiro atoms. The molecule has 0 bridgehead atoms. The molecule has 0 aliphatic carbocycles. The van der Waals surface area contributed by atoms with Gasteiger partial charge in [0, 0.05) is 31.8 Å². The van der Waals surface area contributed by atoms with Crippen LogP contribution in [-0.4, -0.2) is 43.2 Å². The number of hydrogen-bond donors (Lipinski definition) is 1.